The van der Waals surface area contributed by atoms with Gasteiger partial charge in [0.2, 0.25) is 0 Å². The monoisotopic (exact) mass is 236 g/mol. The summed E-state index contributed by atoms with van der Waals surface area (Å²) in [5.74, 6) is 1.78. The van der Waals surface area contributed by atoms with Crippen LogP contribution in [-0.2, 0) is 0 Å². The smallest absolute Gasteiger partial charge is 0.131 e. The Morgan fingerprint density at radius 2 is 1.65 bits per heavy atom. The molecule has 0 aliphatic heterocycles. The average Bonchev–Trinajstić information content (AvgIpc) is 2.25. The number of hydrogen-bond acceptors (Lipinski definition) is 4. The quantitative estimate of drug-likeness (QED) is 0.796. The summed E-state index contributed by atoms with van der Waals surface area (Å²) in [6.45, 7) is 10.7. The summed E-state index contributed by atoms with van der Waals surface area (Å²) >= 11 is 0. The molecular formula is C13H24N4. The highest BCUT2D eigenvalue weighted by molar-refractivity contribution is 5.46. The summed E-state index contributed by atoms with van der Waals surface area (Å²) in [6.07, 6.45) is 3.81. The van der Waals surface area contributed by atoms with E-state index in [0.29, 0.717) is 5.41 Å². The Kier molecular flexibility index (Phi) is 5.19. The molecule has 0 unspecified atom stereocenters. The van der Waals surface area contributed by atoms with Crippen LogP contribution in [0.4, 0.5) is 11.6 Å². The molecule has 0 spiro atoms. The average molecular weight is 236 g/mol. The van der Waals surface area contributed by atoms with Crippen LogP contribution in [0.5, 0.6) is 0 Å². The highest BCUT2D eigenvalue weighted by Crippen LogP contribution is 2.18. The van der Waals surface area contributed by atoms with Crippen LogP contribution < -0.4 is 10.6 Å². The Labute approximate surface area is 104 Å². The van der Waals surface area contributed by atoms with E-state index in [0.717, 1.165) is 37.6 Å². The van der Waals surface area contributed by atoms with Gasteiger partial charge in [-0.05, 0) is 18.3 Å². The molecule has 0 aliphatic carbocycles. The van der Waals surface area contributed by atoms with Gasteiger partial charge in [0.15, 0.2) is 0 Å². The fourth-order valence-electron chi connectivity index (χ4n) is 1.37. The van der Waals surface area contributed by atoms with Gasteiger partial charge < -0.3 is 10.6 Å². The molecule has 4 heteroatoms. The third kappa shape index (κ3) is 6.09. The molecule has 1 heterocycles. The second-order valence-electron chi connectivity index (χ2n) is 5.45. The fraction of sp³-hybridized carbons (Fsp3) is 0.692. The molecular weight excluding hydrogens is 212 g/mol. The standard InChI is InChI=1S/C13H24N4/c1-5-7-14-11-9-12(17-10-16-11)15-8-6-13(2,3)4/h9-10H,5-8H2,1-4H3,(H2,14,15,16,17). The van der Waals surface area contributed by atoms with E-state index in [4.69, 9.17) is 0 Å². The van der Waals surface area contributed by atoms with Crippen LogP contribution in [-0.4, -0.2) is 23.1 Å². The lowest BCUT2D eigenvalue weighted by atomic mass is 9.92. The Morgan fingerprint density at radius 1 is 1.06 bits per heavy atom. The zero-order valence-electron chi connectivity index (χ0n) is 11.4. The summed E-state index contributed by atoms with van der Waals surface area (Å²) < 4.78 is 0. The second kappa shape index (κ2) is 6.42. The van der Waals surface area contributed by atoms with Gasteiger partial charge in [0.1, 0.15) is 18.0 Å². The molecule has 0 fully saturated rings. The van der Waals surface area contributed by atoms with Crippen molar-refractivity contribution in [3.8, 4) is 0 Å². The van der Waals surface area contributed by atoms with E-state index < -0.39 is 0 Å². The van der Waals surface area contributed by atoms with Gasteiger partial charge in [-0.3, -0.25) is 0 Å². The van der Waals surface area contributed by atoms with Crippen molar-refractivity contribution in [2.45, 2.75) is 40.5 Å². The summed E-state index contributed by atoms with van der Waals surface area (Å²) in [4.78, 5) is 8.38. The maximum Gasteiger partial charge on any atom is 0.131 e. The number of rotatable bonds is 6. The predicted molar refractivity (Wildman–Crippen MR) is 73.4 cm³/mol. The first-order chi connectivity index (χ1) is 8.01. The van der Waals surface area contributed by atoms with E-state index in [-0.39, 0.29) is 0 Å². The maximum atomic E-state index is 4.20. The van der Waals surface area contributed by atoms with Gasteiger partial charge in [-0.1, -0.05) is 27.7 Å². The van der Waals surface area contributed by atoms with Gasteiger partial charge >= 0.3 is 0 Å². The zero-order chi connectivity index (χ0) is 12.7. The van der Waals surface area contributed by atoms with Crippen molar-refractivity contribution < 1.29 is 0 Å². The summed E-state index contributed by atoms with van der Waals surface area (Å²) in [6, 6.07) is 1.96. The van der Waals surface area contributed by atoms with Crippen LogP contribution in [0.3, 0.4) is 0 Å². The van der Waals surface area contributed by atoms with Crippen molar-refractivity contribution in [2.24, 2.45) is 5.41 Å². The van der Waals surface area contributed by atoms with Crippen molar-refractivity contribution in [3.05, 3.63) is 12.4 Å². The Hall–Kier alpha value is -1.32. The molecule has 1 aromatic rings. The minimum Gasteiger partial charge on any atom is -0.370 e. The molecule has 0 amide bonds. The van der Waals surface area contributed by atoms with Crippen molar-refractivity contribution in [2.75, 3.05) is 23.7 Å². The SMILES string of the molecule is CCCNc1cc(NCCC(C)(C)C)ncn1. The molecule has 0 saturated carbocycles. The molecule has 0 aliphatic rings. The first-order valence-electron chi connectivity index (χ1n) is 6.31. The van der Waals surface area contributed by atoms with Crippen molar-refractivity contribution in [1.82, 2.24) is 9.97 Å². The van der Waals surface area contributed by atoms with Crippen LogP contribution in [0.15, 0.2) is 12.4 Å². The summed E-state index contributed by atoms with van der Waals surface area (Å²) in [5.41, 5.74) is 0.351. The zero-order valence-corrected chi connectivity index (χ0v) is 11.4. The van der Waals surface area contributed by atoms with E-state index in [1.54, 1.807) is 6.33 Å². The first kappa shape index (κ1) is 13.7. The molecule has 17 heavy (non-hydrogen) atoms. The number of aromatic nitrogens is 2. The lowest BCUT2D eigenvalue weighted by molar-refractivity contribution is 0.389. The van der Waals surface area contributed by atoms with Gasteiger partial charge in [0, 0.05) is 19.2 Å². The molecule has 96 valence electrons. The van der Waals surface area contributed by atoms with E-state index >= 15 is 0 Å². The number of hydrogen-bond donors (Lipinski definition) is 2. The molecule has 0 radical (unpaired) electrons. The van der Waals surface area contributed by atoms with Crippen LogP contribution in [0.2, 0.25) is 0 Å². The van der Waals surface area contributed by atoms with Gasteiger partial charge in [-0.15, -0.1) is 0 Å². The van der Waals surface area contributed by atoms with E-state index in [1.165, 1.54) is 0 Å². The van der Waals surface area contributed by atoms with E-state index in [9.17, 15) is 0 Å². The molecule has 0 bridgehead atoms. The molecule has 2 N–H and O–H groups in total. The lowest BCUT2D eigenvalue weighted by Crippen LogP contribution is -2.13. The summed E-state index contributed by atoms with van der Waals surface area (Å²) in [5, 5.41) is 6.58. The minimum atomic E-state index is 0.351. The first-order valence-corrected chi connectivity index (χ1v) is 6.31. The molecule has 4 nitrogen and oxygen atoms in total. The van der Waals surface area contributed by atoms with Gasteiger partial charge in [0.05, 0.1) is 0 Å². The summed E-state index contributed by atoms with van der Waals surface area (Å²) in [7, 11) is 0. The van der Waals surface area contributed by atoms with Crippen molar-refractivity contribution in [1.29, 1.82) is 0 Å². The van der Waals surface area contributed by atoms with Crippen LogP contribution in [0.25, 0.3) is 0 Å². The van der Waals surface area contributed by atoms with Crippen molar-refractivity contribution in [3.63, 3.8) is 0 Å². The Bertz CT molecular complexity index is 330. The fourth-order valence-corrected chi connectivity index (χ4v) is 1.37. The predicted octanol–water partition coefficient (Wildman–Crippen LogP) is 3.15. The lowest BCUT2D eigenvalue weighted by Gasteiger charge is -2.18. The molecule has 1 rings (SSSR count). The second-order valence-corrected chi connectivity index (χ2v) is 5.45. The van der Waals surface area contributed by atoms with Gasteiger partial charge in [0.25, 0.3) is 0 Å². The molecule has 0 aromatic carbocycles. The van der Waals surface area contributed by atoms with Gasteiger partial charge in [-0.25, -0.2) is 9.97 Å². The molecule has 0 saturated heterocycles. The van der Waals surface area contributed by atoms with E-state index in [2.05, 4.69) is 48.3 Å². The van der Waals surface area contributed by atoms with Crippen LogP contribution in [0, 0.1) is 5.41 Å². The van der Waals surface area contributed by atoms with E-state index in [1.807, 2.05) is 6.07 Å². The Balaban J connectivity index is 2.43. The highest BCUT2D eigenvalue weighted by atomic mass is 15.1. The topological polar surface area (TPSA) is 49.8 Å². The van der Waals surface area contributed by atoms with Crippen molar-refractivity contribution >= 4 is 11.6 Å². The largest absolute Gasteiger partial charge is 0.370 e. The van der Waals surface area contributed by atoms with Crippen LogP contribution >= 0.6 is 0 Å². The Morgan fingerprint density at radius 3 is 2.18 bits per heavy atom. The maximum absolute atomic E-state index is 4.20. The third-order valence-electron chi connectivity index (χ3n) is 2.40. The molecule has 0 atom stereocenters. The normalized spacial score (nSPS) is 11.3. The molecule has 1 aromatic heterocycles. The number of nitrogens with zero attached hydrogens (tertiary/aromatic N) is 2. The minimum absolute atomic E-state index is 0.351. The number of nitrogens with one attached hydrogen (secondary N) is 2. The third-order valence-corrected chi connectivity index (χ3v) is 2.40. The van der Waals surface area contributed by atoms with Gasteiger partial charge in [-0.2, -0.15) is 0 Å². The highest BCUT2D eigenvalue weighted by Gasteiger charge is 2.09. The van der Waals surface area contributed by atoms with Crippen LogP contribution in [0.1, 0.15) is 40.5 Å². The number of anilines is 2.